The van der Waals surface area contributed by atoms with Gasteiger partial charge in [-0.3, -0.25) is 9.80 Å². The Kier molecular flexibility index (Phi) is 6.45. The quantitative estimate of drug-likeness (QED) is 0.705. The second kappa shape index (κ2) is 8.13. The smallest absolute Gasteiger partial charge is 0.0595 e. The summed E-state index contributed by atoms with van der Waals surface area (Å²) < 4.78 is 0. The molecule has 0 spiro atoms. The summed E-state index contributed by atoms with van der Waals surface area (Å²) in [6.07, 6.45) is 11.7. The Balaban J connectivity index is 1.91. The van der Waals surface area contributed by atoms with Crippen molar-refractivity contribution in [2.75, 3.05) is 26.2 Å². The van der Waals surface area contributed by atoms with Crippen molar-refractivity contribution in [3.05, 3.63) is 11.8 Å². The van der Waals surface area contributed by atoms with Gasteiger partial charge in [-0.05, 0) is 64.8 Å². The highest BCUT2D eigenvalue weighted by atomic mass is 28.2. The van der Waals surface area contributed by atoms with Crippen molar-refractivity contribution < 1.29 is 0 Å². The largest absolute Gasteiger partial charge is 0.288 e. The third kappa shape index (κ3) is 4.21. The van der Waals surface area contributed by atoms with E-state index in [0.717, 1.165) is 6.17 Å². The first-order chi connectivity index (χ1) is 8.92. The molecular formula is C15H30N2Si. The molecule has 0 unspecified atom stereocenters. The van der Waals surface area contributed by atoms with Crippen molar-refractivity contribution in [1.29, 1.82) is 0 Å². The molecule has 2 aliphatic rings. The van der Waals surface area contributed by atoms with E-state index in [1.807, 2.05) is 0 Å². The van der Waals surface area contributed by atoms with E-state index >= 15 is 0 Å². The fourth-order valence-corrected chi connectivity index (χ4v) is 5.00. The van der Waals surface area contributed by atoms with Crippen LogP contribution in [-0.2, 0) is 0 Å². The van der Waals surface area contributed by atoms with Crippen LogP contribution in [0.5, 0.6) is 0 Å². The van der Waals surface area contributed by atoms with E-state index in [1.165, 1.54) is 70.7 Å². The van der Waals surface area contributed by atoms with E-state index in [9.17, 15) is 0 Å². The Bertz CT molecular complexity index is 225. The summed E-state index contributed by atoms with van der Waals surface area (Å²) in [5.41, 5.74) is 2.47. The molecule has 0 saturated carbocycles. The minimum absolute atomic E-state index is 0.00996. The third-order valence-electron chi connectivity index (χ3n) is 4.45. The Morgan fingerprint density at radius 1 is 0.889 bits per heavy atom. The highest BCUT2D eigenvalue weighted by Crippen LogP contribution is 2.21. The SMILES string of the molecule is C/C=C\[SiH2]CC(N1CCCCC1)N1CCCCC1. The molecular weight excluding hydrogens is 236 g/mol. The normalized spacial score (nSPS) is 24.8. The predicted octanol–water partition coefficient (Wildman–Crippen LogP) is 2.41. The Morgan fingerprint density at radius 2 is 1.39 bits per heavy atom. The summed E-state index contributed by atoms with van der Waals surface area (Å²) in [6.45, 7) is 7.58. The minimum Gasteiger partial charge on any atom is -0.288 e. The van der Waals surface area contributed by atoms with Crippen LogP contribution in [0.2, 0.25) is 6.04 Å². The number of nitrogens with zero attached hydrogens (tertiary/aromatic N) is 2. The molecule has 2 saturated heterocycles. The van der Waals surface area contributed by atoms with Crippen molar-refractivity contribution in [1.82, 2.24) is 9.80 Å². The number of rotatable bonds is 5. The van der Waals surface area contributed by atoms with Crippen LogP contribution < -0.4 is 0 Å². The summed E-state index contributed by atoms with van der Waals surface area (Å²) in [5.74, 6) is 0. The van der Waals surface area contributed by atoms with Crippen LogP contribution in [-0.4, -0.2) is 51.7 Å². The summed E-state index contributed by atoms with van der Waals surface area (Å²) >= 11 is 0. The molecule has 0 aliphatic carbocycles. The first-order valence-electron chi connectivity index (χ1n) is 8.01. The predicted molar refractivity (Wildman–Crippen MR) is 82.8 cm³/mol. The number of allylic oxidation sites excluding steroid dienone is 1. The lowest BCUT2D eigenvalue weighted by Crippen LogP contribution is -2.52. The molecule has 104 valence electrons. The highest BCUT2D eigenvalue weighted by Gasteiger charge is 2.26. The van der Waals surface area contributed by atoms with Crippen LogP contribution in [0.3, 0.4) is 0 Å². The van der Waals surface area contributed by atoms with Crippen molar-refractivity contribution >= 4 is 9.52 Å². The van der Waals surface area contributed by atoms with Crippen LogP contribution >= 0.6 is 0 Å². The number of hydrogen-bond donors (Lipinski definition) is 0. The molecule has 2 heterocycles. The van der Waals surface area contributed by atoms with Gasteiger partial charge in [-0.25, -0.2) is 0 Å². The van der Waals surface area contributed by atoms with Gasteiger partial charge in [0.1, 0.15) is 0 Å². The van der Waals surface area contributed by atoms with Crippen molar-refractivity contribution in [3.63, 3.8) is 0 Å². The zero-order valence-corrected chi connectivity index (χ0v) is 13.5. The summed E-state index contributed by atoms with van der Waals surface area (Å²) in [7, 11) is 0.00996. The molecule has 2 aliphatic heterocycles. The van der Waals surface area contributed by atoms with E-state index in [4.69, 9.17) is 0 Å². The summed E-state index contributed by atoms with van der Waals surface area (Å²) in [6, 6.07) is 1.46. The maximum Gasteiger partial charge on any atom is 0.0595 e. The first kappa shape index (κ1) is 14.3. The van der Waals surface area contributed by atoms with Gasteiger partial charge in [-0.15, -0.1) is 5.70 Å². The fourth-order valence-electron chi connectivity index (χ4n) is 3.44. The Morgan fingerprint density at radius 3 is 1.83 bits per heavy atom. The van der Waals surface area contributed by atoms with E-state index in [2.05, 4.69) is 28.5 Å². The zero-order valence-electron chi connectivity index (χ0n) is 12.1. The lowest BCUT2D eigenvalue weighted by atomic mass is 10.1. The van der Waals surface area contributed by atoms with Gasteiger partial charge in [-0.1, -0.05) is 18.9 Å². The number of piperidine rings is 2. The monoisotopic (exact) mass is 266 g/mol. The zero-order chi connectivity index (χ0) is 12.6. The third-order valence-corrected chi connectivity index (χ3v) is 6.11. The van der Waals surface area contributed by atoms with E-state index in [1.54, 1.807) is 0 Å². The molecule has 0 aromatic rings. The van der Waals surface area contributed by atoms with Crippen LogP contribution in [0.4, 0.5) is 0 Å². The van der Waals surface area contributed by atoms with Gasteiger partial charge in [-0.2, -0.15) is 0 Å². The number of hydrogen-bond acceptors (Lipinski definition) is 2. The second-order valence-electron chi connectivity index (χ2n) is 5.82. The van der Waals surface area contributed by atoms with Gasteiger partial charge in [0.15, 0.2) is 0 Å². The van der Waals surface area contributed by atoms with Crippen molar-refractivity contribution in [2.24, 2.45) is 0 Å². The van der Waals surface area contributed by atoms with E-state index in [0.29, 0.717) is 0 Å². The van der Waals surface area contributed by atoms with Crippen molar-refractivity contribution in [3.8, 4) is 0 Å². The number of likely N-dealkylation sites (tertiary alicyclic amines) is 2. The average Bonchev–Trinajstić information content (AvgIpc) is 2.46. The molecule has 2 fully saturated rings. The molecule has 0 N–H and O–H groups in total. The van der Waals surface area contributed by atoms with Crippen LogP contribution in [0.1, 0.15) is 45.4 Å². The molecule has 3 heteroatoms. The minimum atomic E-state index is 0.00996. The average molecular weight is 267 g/mol. The van der Waals surface area contributed by atoms with Gasteiger partial charge in [0.2, 0.25) is 0 Å². The molecule has 0 amide bonds. The lowest BCUT2D eigenvalue weighted by Gasteiger charge is -2.43. The van der Waals surface area contributed by atoms with Crippen LogP contribution in [0.25, 0.3) is 0 Å². The van der Waals surface area contributed by atoms with Crippen LogP contribution in [0.15, 0.2) is 11.8 Å². The molecule has 0 aromatic carbocycles. The maximum absolute atomic E-state index is 2.80. The van der Waals surface area contributed by atoms with E-state index in [-0.39, 0.29) is 9.52 Å². The van der Waals surface area contributed by atoms with Gasteiger partial charge >= 0.3 is 0 Å². The first-order valence-corrected chi connectivity index (χ1v) is 9.82. The molecule has 0 aromatic heterocycles. The maximum atomic E-state index is 2.80. The Labute approximate surface area is 115 Å². The standard InChI is InChI=1S/C15H30N2Si/c1-2-13-18-14-15(16-9-5-3-6-10-16)17-11-7-4-8-12-17/h2,13,15H,3-12,14,18H2,1H3/b13-2-. The summed E-state index contributed by atoms with van der Waals surface area (Å²) in [5, 5.41) is 0. The molecule has 0 atom stereocenters. The molecule has 2 nitrogen and oxygen atoms in total. The molecule has 0 bridgehead atoms. The van der Waals surface area contributed by atoms with Gasteiger partial charge in [0, 0.05) is 9.52 Å². The Hall–Kier alpha value is -0.123. The van der Waals surface area contributed by atoms with Gasteiger partial charge in [0.05, 0.1) is 6.17 Å². The highest BCUT2D eigenvalue weighted by molar-refractivity contribution is 6.42. The second-order valence-corrected chi connectivity index (χ2v) is 7.45. The molecule has 0 radical (unpaired) electrons. The lowest BCUT2D eigenvalue weighted by molar-refractivity contribution is 0.0294. The van der Waals surface area contributed by atoms with E-state index < -0.39 is 0 Å². The summed E-state index contributed by atoms with van der Waals surface area (Å²) in [4.78, 5) is 5.59. The molecule has 2 rings (SSSR count). The van der Waals surface area contributed by atoms with Gasteiger partial charge in [0.25, 0.3) is 0 Å². The topological polar surface area (TPSA) is 6.48 Å². The van der Waals surface area contributed by atoms with Crippen LogP contribution in [0, 0.1) is 0 Å². The van der Waals surface area contributed by atoms with Gasteiger partial charge < -0.3 is 0 Å². The fraction of sp³-hybridized carbons (Fsp3) is 0.867. The van der Waals surface area contributed by atoms with Crippen molar-refractivity contribution in [2.45, 2.75) is 57.7 Å². The molecule has 18 heavy (non-hydrogen) atoms.